The first-order valence-corrected chi connectivity index (χ1v) is 10.0. The Balaban J connectivity index is 2.12. The summed E-state index contributed by atoms with van der Waals surface area (Å²) in [5.74, 6) is 4.34. The highest BCUT2D eigenvalue weighted by molar-refractivity contribution is 8.32. The summed E-state index contributed by atoms with van der Waals surface area (Å²) in [6.45, 7) is 0. The molecular weight excluding hydrogens is 288 g/mol. The van der Waals surface area contributed by atoms with Crippen molar-refractivity contribution in [1.29, 1.82) is 0 Å². The molecule has 0 bridgehead atoms. The van der Waals surface area contributed by atoms with Crippen LogP contribution in [0.25, 0.3) is 0 Å². The predicted octanol–water partition coefficient (Wildman–Crippen LogP) is 3.79. The average Bonchev–Trinajstić information content (AvgIpc) is 2.14. The smallest absolute Gasteiger partial charge is 0.0537 e. The normalized spacial score (nSPS) is 17.4. The summed E-state index contributed by atoms with van der Waals surface area (Å²) in [4.78, 5) is 0. The zero-order chi connectivity index (χ0) is 10.2. The minimum Gasteiger partial charge on any atom is -0.179 e. The first-order chi connectivity index (χ1) is 6.86. The van der Waals surface area contributed by atoms with E-state index in [0.29, 0.717) is 0 Å². The van der Waals surface area contributed by atoms with Gasteiger partial charge in [-0.25, -0.2) is 0 Å². The monoisotopic (exact) mass is 304 g/mol. The van der Waals surface area contributed by atoms with Crippen LogP contribution >= 0.6 is 72.3 Å². The molecule has 6 heteroatoms. The topological polar surface area (TPSA) is 0 Å². The molecule has 0 atom stereocenters. The van der Waals surface area contributed by atoms with E-state index in [9.17, 15) is 0 Å². The molecule has 0 N–H and O–H groups in total. The maximum absolute atomic E-state index is 4.26. The molecule has 0 unspecified atom stereocenters. The molecule has 1 fully saturated rings. The Morgan fingerprint density at radius 3 is 2.07 bits per heavy atom. The third-order valence-electron chi connectivity index (χ3n) is 1.68. The average molecular weight is 305 g/mol. The lowest BCUT2D eigenvalue weighted by atomic mass is 10.5. The molecule has 0 nitrogen and oxygen atoms in total. The molecule has 14 heavy (non-hydrogen) atoms. The van der Waals surface area contributed by atoms with Gasteiger partial charge in [-0.1, -0.05) is 0 Å². The van der Waals surface area contributed by atoms with Gasteiger partial charge in [0.1, 0.15) is 0 Å². The number of hydrogen-bond acceptors (Lipinski definition) is 6. The molecule has 0 radical (unpaired) electrons. The Kier molecular flexibility index (Phi) is 9.27. The third kappa shape index (κ3) is 5.99. The summed E-state index contributed by atoms with van der Waals surface area (Å²) in [5, 5.41) is 1.30. The highest BCUT2D eigenvalue weighted by Crippen LogP contribution is 2.44. The van der Waals surface area contributed by atoms with Crippen molar-refractivity contribution in [1.82, 2.24) is 0 Å². The fraction of sp³-hybridized carbons (Fsp3) is 1.00. The van der Waals surface area contributed by atoms with Crippen LogP contribution in [0.15, 0.2) is 0 Å². The summed E-state index contributed by atoms with van der Waals surface area (Å²) < 4.78 is 1.62. The van der Waals surface area contributed by atoms with E-state index in [0.717, 1.165) is 20.7 Å². The van der Waals surface area contributed by atoms with E-state index in [-0.39, 0.29) is 0 Å². The van der Waals surface area contributed by atoms with Crippen molar-refractivity contribution in [2.75, 3.05) is 28.1 Å². The summed E-state index contributed by atoms with van der Waals surface area (Å²) in [6, 6.07) is 0. The lowest BCUT2D eigenvalue weighted by Crippen LogP contribution is -2.14. The highest BCUT2D eigenvalue weighted by Gasteiger charge is 2.23. The summed E-state index contributed by atoms with van der Waals surface area (Å²) >= 11 is 16.8. The first-order valence-electron chi connectivity index (χ1n) is 4.55. The zero-order valence-electron chi connectivity index (χ0n) is 7.92. The van der Waals surface area contributed by atoms with Gasteiger partial charge in [-0.15, -0.1) is 47.0 Å². The summed E-state index contributed by atoms with van der Waals surface area (Å²) in [7, 11) is 0. The van der Waals surface area contributed by atoms with Gasteiger partial charge in [0.25, 0.3) is 0 Å². The third-order valence-corrected chi connectivity index (χ3v) is 8.59. The van der Waals surface area contributed by atoms with Crippen LogP contribution < -0.4 is 0 Å². The van der Waals surface area contributed by atoms with Crippen LogP contribution in [0.5, 0.6) is 0 Å². The van der Waals surface area contributed by atoms with Crippen molar-refractivity contribution in [3.05, 3.63) is 0 Å². The minimum absolute atomic E-state index is 0.764. The van der Waals surface area contributed by atoms with E-state index >= 15 is 0 Å². The van der Waals surface area contributed by atoms with E-state index in [4.69, 9.17) is 0 Å². The molecule has 1 aliphatic rings. The van der Waals surface area contributed by atoms with Crippen molar-refractivity contribution in [2.24, 2.45) is 0 Å². The van der Waals surface area contributed by atoms with Gasteiger partial charge in [0, 0.05) is 16.6 Å². The number of hydrogen-bond donors (Lipinski definition) is 2. The van der Waals surface area contributed by atoms with E-state index in [1.165, 1.54) is 23.0 Å². The fourth-order valence-electron chi connectivity index (χ4n) is 1.01. The van der Waals surface area contributed by atoms with Crippen molar-refractivity contribution < 1.29 is 0 Å². The van der Waals surface area contributed by atoms with Crippen molar-refractivity contribution in [2.45, 2.75) is 15.6 Å². The van der Waals surface area contributed by atoms with E-state index in [2.05, 4.69) is 72.3 Å². The van der Waals surface area contributed by atoms with Crippen molar-refractivity contribution in [3.63, 3.8) is 0 Å². The Labute approximate surface area is 115 Å². The van der Waals surface area contributed by atoms with Crippen molar-refractivity contribution in [3.8, 4) is 0 Å². The fourth-order valence-corrected chi connectivity index (χ4v) is 6.46. The second-order valence-electron chi connectivity index (χ2n) is 2.73. The molecule has 1 rings (SSSR count). The summed E-state index contributed by atoms with van der Waals surface area (Å²) in [6.07, 6.45) is 1.34. The summed E-state index contributed by atoms with van der Waals surface area (Å²) in [5.41, 5.74) is 0. The van der Waals surface area contributed by atoms with Crippen LogP contribution in [-0.2, 0) is 0 Å². The molecule has 0 saturated carbocycles. The van der Waals surface area contributed by atoms with E-state index < -0.39 is 0 Å². The van der Waals surface area contributed by atoms with Crippen LogP contribution in [0, 0.1) is 0 Å². The number of thiol groups is 2. The lowest BCUT2D eigenvalue weighted by Gasteiger charge is -2.28. The maximum atomic E-state index is 4.26. The van der Waals surface area contributed by atoms with Gasteiger partial charge in [0.05, 0.1) is 9.16 Å². The molecule has 1 saturated heterocycles. The largest absolute Gasteiger partial charge is 0.179 e. The predicted molar refractivity (Wildman–Crippen MR) is 84.9 cm³/mol. The lowest BCUT2D eigenvalue weighted by molar-refractivity contribution is 1.02. The van der Waals surface area contributed by atoms with Crippen LogP contribution in [0.3, 0.4) is 0 Å². The van der Waals surface area contributed by atoms with Gasteiger partial charge < -0.3 is 0 Å². The zero-order valence-corrected chi connectivity index (χ0v) is 13.0. The van der Waals surface area contributed by atoms with Gasteiger partial charge in [0.15, 0.2) is 0 Å². The molecule has 1 heterocycles. The first kappa shape index (κ1) is 14.2. The van der Waals surface area contributed by atoms with E-state index in [1.54, 1.807) is 0 Å². The van der Waals surface area contributed by atoms with Crippen molar-refractivity contribution >= 4 is 72.3 Å². The van der Waals surface area contributed by atoms with Gasteiger partial charge in [-0.3, -0.25) is 0 Å². The SMILES string of the molecule is SCCSC(CC1SCS1)SCCS. The highest BCUT2D eigenvalue weighted by atomic mass is 32.3. The maximum Gasteiger partial charge on any atom is 0.0537 e. The molecule has 0 aromatic rings. The second kappa shape index (κ2) is 9.16. The Morgan fingerprint density at radius 1 is 1.14 bits per heavy atom. The number of rotatable bonds is 8. The van der Waals surface area contributed by atoms with Gasteiger partial charge in [0.2, 0.25) is 0 Å². The standard InChI is InChI=1S/C8H16S6/c9-1-3-11-7(12-4-2-10)5-8-13-6-14-8/h7-10H,1-6H2. The molecular formula is C8H16S6. The Hall–Kier alpha value is 2.10. The molecule has 0 amide bonds. The van der Waals surface area contributed by atoms with Crippen LogP contribution in [-0.4, -0.2) is 37.3 Å². The number of thioether (sulfide) groups is 4. The Morgan fingerprint density at radius 2 is 1.71 bits per heavy atom. The van der Waals surface area contributed by atoms with Crippen LogP contribution in [0.1, 0.15) is 6.42 Å². The Bertz CT molecular complexity index is 130. The van der Waals surface area contributed by atoms with E-state index in [1.807, 2.05) is 0 Å². The van der Waals surface area contributed by atoms with Crippen LogP contribution in [0.2, 0.25) is 0 Å². The quantitative estimate of drug-likeness (QED) is 0.517. The van der Waals surface area contributed by atoms with Gasteiger partial charge >= 0.3 is 0 Å². The molecule has 0 aromatic heterocycles. The van der Waals surface area contributed by atoms with Gasteiger partial charge in [-0.2, -0.15) is 25.3 Å². The molecule has 84 valence electrons. The molecule has 0 spiro atoms. The van der Waals surface area contributed by atoms with Crippen LogP contribution in [0.4, 0.5) is 0 Å². The second-order valence-corrected chi connectivity index (χ2v) is 9.59. The molecule has 0 aromatic carbocycles. The van der Waals surface area contributed by atoms with Gasteiger partial charge in [-0.05, 0) is 17.9 Å². The minimum atomic E-state index is 0.764. The molecule has 1 aliphatic heterocycles. The molecule has 0 aliphatic carbocycles.